The summed E-state index contributed by atoms with van der Waals surface area (Å²) in [5.74, 6) is 0. The number of hydrogen-bond donors (Lipinski definition) is 0. The molecule has 8 aromatic carbocycles. The van der Waals surface area contributed by atoms with Crippen LogP contribution >= 0.6 is 0 Å². The Labute approximate surface area is 455 Å². The van der Waals surface area contributed by atoms with Crippen molar-refractivity contribution >= 4 is 87.4 Å². The minimum absolute atomic E-state index is 0.00184. The lowest BCUT2D eigenvalue weighted by atomic mass is 9.78. The largest absolute Gasteiger partial charge is 0.454 e. The molecule has 5 heterocycles. The van der Waals surface area contributed by atoms with Crippen LogP contribution in [-0.4, -0.2) is 8.80 Å². The molecule has 0 N–H and O–H groups in total. The molecule has 0 saturated heterocycles. The number of hydrogen-bond acceptors (Lipinski definition) is 1. The highest BCUT2D eigenvalue weighted by Crippen LogP contribution is 2.51. The van der Waals surface area contributed by atoms with E-state index in [9.17, 15) is 0 Å². The molecule has 13 rings (SSSR count). The van der Waals surface area contributed by atoms with Crippen LogP contribution in [0.15, 0.2) is 138 Å². The van der Waals surface area contributed by atoms with Crippen LogP contribution in [0.4, 0.5) is 0 Å². The lowest BCUT2D eigenvalue weighted by Gasteiger charge is -2.26. The maximum atomic E-state index is 7.05. The molecule has 3 heteroatoms. The second-order valence-electron chi connectivity index (χ2n) is 29.3. The number of benzene rings is 8. The third kappa shape index (κ3) is 7.56. The molecule has 77 heavy (non-hydrogen) atoms. The Morgan fingerprint density at radius 2 is 0.610 bits per heavy atom. The molecule has 13 aromatic rings. The van der Waals surface area contributed by atoms with Crippen molar-refractivity contribution in [1.82, 2.24) is 8.80 Å². The van der Waals surface area contributed by atoms with Crippen molar-refractivity contribution in [2.24, 2.45) is 0 Å². The molecule has 0 radical (unpaired) electrons. The fraction of sp³-hybridized carbons (Fsp3) is 0.324. The maximum absolute atomic E-state index is 7.05. The molecule has 0 aliphatic carbocycles. The summed E-state index contributed by atoms with van der Waals surface area (Å²) in [6.45, 7) is 42.1. The number of furan rings is 1. The fourth-order valence-corrected chi connectivity index (χ4v) is 12.6. The van der Waals surface area contributed by atoms with E-state index < -0.39 is 0 Å². The number of nitrogens with zero attached hydrogens (tertiary/aromatic N) is 2. The van der Waals surface area contributed by atoms with Crippen molar-refractivity contribution < 1.29 is 4.42 Å². The molecule has 0 spiro atoms. The molecule has 388 valence electrons. The lowest BCUT2D eigenvalue weighted by molar-refractivity contribution is 0.568. The minimum Gasteiger partial charge on any atom is -0.454 e. The van der Waals surface area contributed by atoms with Gasteiger partial charge in [-0.2, -0.15) is 0 Å². The van der Waals surface area contributed by atoms with Crippen LogP contribution in [0.25, 0.3) is 121 Å². The zero-order valence-corrected chi connectivity index (χ0v) is 49.0. The van der Waals surface area contributed by atoms with Crippen LogP contribution in [0.5, 0.6) is 0 Å². The Bertz CT molecular complexity index is 4500. The summed E-state index contributed by atoms with van der Waals surface area (Å²) in [5, 5.41) is 9.87. The molecule has 0 amide bonds. The van der Waals surface area contributed by atoms with Crippen LogP contribution in [0, 0.1) is 0 Å². The van der Waals surface area contributed by atoms with Gasteiger partial charge in [-0.1, -0.05) is 210 Å². The van der Waals surface area contributed by atoms with E-state index in [0.29, 0.717) is 0 Å². The molecule has 0 fully saturated rings. The number of fused-ring (bicyclic) bond motifs is 15. The van der Waals surface area contributed by atoms with Crippen molar-refractivity contribution in [3.8, 4) is 33.4 Å². The quantitative estimate of drug-likeness (QED) is 0.173. The predicted molar refractivity (Wildman–Crippen MR) is 334 cm³/mol. The first-order chi connectivity index (χ1) is 35.9. The van der Waals surface area contributed by atoms with Crippen LogP contribution < -0.4 is 0 Å². The summed E-state index contributed by atoms with van der Waals surface area (Å²) in [7, 11) is 0. The van der Waals surface area contributed by atoms with Gasteiger partial charge in [0, 0.05) is 43.1 Å². The van der Waals surface area contributed by atoms with Gasteiger partial charge in [-0.05, 0) is 148 Å². The minimum atomic E-state index is -0.0215. The first-order valence-corrected chi connectivity index (χ1v) is 28.2. The number of para-hydroxylation sites is 1. The van der Waals surface area contributed by atoms with E-state index in [1.807, 2.05) is 0 Å². The average molecular weight is 1010 g/mol. The van der Waals surface area contributed by atoms with E-state index in [4.69, 9.17) is 4.42 Å². The van der Waals surface area contributed by atoms with E-state index in [1.165, 1.54) is 127 Å². The fourth-order valence-electron chi connectivity index (χ4n) is 12.6. The lowest BCUT2D eigenvalue weighted by Crippen LogP contribution is -2.16. The molecule has 5 aromatic heterocycles. The van der Waals surface area contributed by atoms with Crippen molar-refractivity contribution in [3.05, 3.63) is 167 Å². The standard InChI is InChI=1S/C74H76N2O/c1-69(2,3)47-27-42(28-48(38-47)70(4,5)6)41-23-26-61-56(33-41)59-36-45(43-29-49(71(7,8)9)39-50(30-43)72(10,11)12)34-57-53-24-25-54-58-35-46(44-31-51(73(13,14)15)40-52(32-44)74(16,17)18)37-60-64(58)76(66(54)65(53)75(61)63(57)59)67-55-21-19-20-22-62(55)77-68(60)67/h19-40H,1-18H3. The van der Waals surface area contributed by atoms with Crippen molar-refractivity contribution in [2.75, 3.05) is 0 Å². The highest BCUT2D eigenvalue weighted by Gasteiger charge is 2.31. The normalized spacial score (nSPS) is 13.8. The van der Waals surface area contributed by atoms with Gasteiger partial charge in [0.25, 0.3) is 0 Å². The van der Waals surface area contributed by atoms with Gasteiger partial charge in [-0.15, -0.1) is 0 Å². The molecule has 0 aliphatic heterocycles. The first kappa shape index (κ1) is 49.5. The second kappa shape index (κ2) is 15.8. The number of rotatable bonds is 3. The Morgan fingerprint density at radius 1 is 0.260 bits per heavy atom. The summed E-state index contributed by atoms with van der Waals surface area (Å²) in [6.07, 6.45) is 0. The summed E-state index contributed by atoms with van der Waals surface area (Å²) < 4.78 is 12.3. The maximum Gasteiger partial charge on any atom is 0.161 e. The van der Waals surface area contributed by atoms with Gasteiger partial charge in [0.1, 0.15) is 11.1 Å². The molecule has 0 aliphatic rings. The zero-order chi connectivity index (χ0) is 54.6. The van der Waals surface area contributed by atoms with Crippen LogP contribution in [0.2, 0.25) is 0 Å². The average Bonchev–Trinajstić information content (AvgIpc) is 4.28. The highest BCUT2D eigenvalue weighted by atomic mass is 16.3. The Balaban J connectivity index is 1.19. The number of aromatic nitrogens is 2. The van der Waals surface area contributed by atoms with Gasteiger partial charge in [-0.3, -0.25) is 0 Å². The molecule has 0 saturated carbocycles. The topological polar surface area (TPSA) is 22.0 Å². The van der Waals surface area contributed by atoms with E-state index >= 15 is 0 Å². The van der Waals surface area contributed by atoms with Gasteiger partial charge in [0.15, 0.2) is 5.58 Å². The van der Waals surface area contributed by atoms with E-state index in [-0.39, 0.29) is 32.5 Å². The van der Waals surface area contributed by atoms with Crippen LogP contribution in [0.3, 0.4) is 0 Å². The SMILES string of the molecule is CC(C)(C)c1cc(-c2ccc3c(c2)c2cc(-c4cc(C(C)(C)C)cc(C(C)(C)C)c4)cc4c5ccc6c7cc(-c8cc(C(C)(C)C)cc(C(C)(C)C)c8)cc8c9oc%10ccccc%10c9n(c78)c6c5n3c24)cc(C(C)(C)C)c1. The van der Waals surface area contributed by atoms with E-state index in [2.05, 4.69) is 267 Å². The Hall–Kier alpha value is -7.10. The molecular weight excluding hydrogens is 933 g/mol. The summed E-state index contributed by atoms with van der Waals surface area (Å²) in [4.78, 5) is 0. The molecule has 3 nitrogen and oxygen atoms in total. The van der Waals surface area contributed by atoms with Crippen LogP contribution in [-0.2, 0) is 32.5 Å². The molecule has 0 bridgehead atoms. The second-order valence-corrected chi connectivity index (χ2v) is 29.3. The monoisotopic (exact) mass is 1010 g/mol. The van der Waals surface area contributed by atoms with Crippen LogP contribution in [0.1, 0.15) is 158 Å². The zero-order valence-electron chi connectivity index (χ0n) is 49.0. The third-order valence-corrected chi connectivity index (χ3v) is 17.4. The first-order valence-electron chi connectivity index (χ1n) is 28.2. The van der Waals surface area contributed by atoms with Gasteiger partial charge in [0.2, 0.25) is 0 Å². The highest BCUT2D eigenvalue weighted by molar-refractivity contribution is 6.34. The summed E-state index contributed by atoms with van der Waals surface area (Å²) in [5.41, 5.74) is 24.7. The molecule has 0 atom stereocenters. The van der Waals surface area contributed by atoms with Crippen molar-refractivity contribution in [2.45, 2.75) is 157 Å². The van der Waals surface area contributed by atoms with Crippen molar-refractivity contribution in [1.29, 1.82) is 0 Å². The smallest absolute Gasteiger partial charge is 0.161 e. The van der Waals surface area contributed by atoms with Gasteiger partial charge in [0.05, 0.1) is 27.6 Å². The van der Waals surface area contributed by atoms with Gasteiger partial charge >= 0.3 is 0 Å². The molecular formula is C74H76N2O. The Kier molecular flexibility index (Phi) is 10.1. The third-order valence-electron chi connectivity index (χ3n) is 17.4. The summed E-state index contributed by atoms with van der Waals surface area (Å²) in [6, 6.07) is 52.7. The van der Waals surface area contributed by atoms with Gasteiger partial charge in [-0.25, -0.2) is 0 Å². The van der Waals surface area contributed by atoms with Crippen molar-refractivity contribution in [3.63, 3.8) is 0 Å². The van der Waals surface area contributed by atoms with E-state index in [0.717, 1.165) is 27.5 Å². The van der Waals surface area contributed by atoms with Gasteiger partial charge < -0.3 is 13.2 Å². The Morgan fingerprint density at radius 3 is 1.05 bits per heavy atom. The molecule has 0 unspecified atom stereocenters. The van der Waals surface area contributed by atoms with E-state index in [1.54, 1.807) is 0 Å². The summed E-state index contributed by atoms with van der Waals surface area (Å²) >= 11 is 0. The predicted octanol–water partition coefficient (Wildman–Crippen LogP) is 21.5.